The molecule has 0 aliphatic heterocycles. The van der Waals surface area contributed by atoms with E-state index in [9.17, 15) is 4.79 Å². The maximum Gasteiger partial charge on any atom is 0.171 e. The fourth-order valence-electron chi connectivity index (χ4n) is 0.145. The van der Waals surface area contributed by atoms with Crippen molar-refractivity contribution < 1.29 is 15.0 Å². The number of hydrogen-bond donors (Lipinski definition) is 2. The van der Waals surface area contributed by atoms with E-state index in [-0.39, 0.29) is 0 Å². The van der Waals surface area contributed by atoms with Gasteiger partial charge >= 0.3 is 0 Å². The molecule has 0 aliphatic carbocycles. The van der Waals surface area contributed by atoms with Crippen molar-refractivity contribution >= 4 is 6.29 Å². The van der Waals surface area contributed by atoms with Crippen molar-refractivity contribution in [1.82, 2.24) is 0 Å². The van der Waals surface area contributed by atoms with Crippen LogP contribution in [0, 0.1) is 0 Å². The van der Waals surface area contributed by atoms with E-state index in [1.165, 1.54) is 0 Å². The SMILES string of the molecule is O=C/C=C/C(O)O. The van der Waals surface area contributed by atoms with Crippen LogP contribution in [-0.2, 0) is 4.79 Å². The van der Waals surface area contributed by atoms with Crippen LogP contribution < -0.4 is 0 Å². The lowest BCUT2D eigenvalue weighted by molar-refractivity contribution is -0.104. The van der Waals surface area contributed by atoms with Crippen LogP contribution in [0.25, 0.3) is 0 Å². The maximum atomic E-state index is 9.40. The monoisotopic (exact) mass is 102 g/mol. The highest BCUT2D eigenvalue weighted by atomic mass is 16.5. The first-order valence-electron chi connectivity index (χ1n) is 1.75. The van der Waals surface area contributed by atoms with Gasteiger partial charge in [0.05, 0.1) is 0 Å². The minimum atomic E-state index is -1.51. The van der Waals surface area contributed by atoms with E-state index in [0.29, 0.717) is 6.29 Å². The Bertz CT molecular complexity index is 75.0. The van der Waals surface area contributed by atoms with E-state index in [2.05, 4.69) is 0 Å². The molecule has 0 aliphatic rings. The molecule has 40 valence electrons. The molecule has 0 amide bonds. The molecule has 3 heteroatoms. The second kappa shape index (κ2) is 3.52. The van der Waals surface area contributed by atoms with Crippen molar-refractivity contribution in [3.8, 4) is 0 Å². The highest BCUT2D eigenvalue weighted by Crippen LogP contribution is 1.73. The van der Waals surface area contributed by atoms with Gasteiger partial charge in [-0.05, 0) is 12.2 Å². The van der Waals surface area contributed by atoms with Crippen molar-refractivity contribution in [2.75, 3.05) is 0 Å². The van der Waals surface area contributed by atoms with Gasteiger partial charge in [0, 0.05) is 0 Å². The summed E-state index contributed by atoms with van der Waals surface area (Å²) in [5.74, 6) is 0. The lowest BCUT2D eigenvalue weighted by Gasteiger charge is -1.86. The van der Waals surface area contributed by atoms with E-state index in [4.69, 9.17) is 10.2 Å². The summed E-state index contributed by atoms with van der Waals surface area (Å²) in [7, 11) is 0. The van der Waals surface area contributed by atoms with Gasteiger partial charge in [-0.3, -0.25) is 4.79 Å². The summed E-state index contributed by atoms with van der Waals surface area (Å²) in [6.07, 6.45) is 0.946. The molecule has 0 aromatic heterocycles. The lowest BCUT2D eigenvalue weighted by Crippen LogP contribution is -1.96. The number of carbonyl (C=O) groups is 1. The fourth-order valence-corrected chi connectivity index (χ4v) is 0.145. The van der Waals surface area contributed by atoms with Crippen LogP contribution in [0.3, 0.4) is 0 Å². The van der Waals surface area contributed by atoms with Crippen molar-refractivity contribution in [2.24, 2.45) is 0 Å². The van der Waals surface area contributed by atoms with Crippen LogP contribution >= 0.6 is 0 Å². The first kappa shape index (κ1) is 6.33. The molecule has 0 unspecified atom stereocenters. The van der Waals surface area contributed by atoms with E-state index in [1.807, 2.05) is 0 Å². The number of aldehydes is 1. The highest BCUT2D eigenvalue weighted by molar-refractivity contribution is 5.64. The number of hydrogen-bond acceptors (Lipinski definition) is 3. The zero-order chi connectivity index (χ0) is 5.70. The minimum Gasteiger partial charge on any atom is -0.365 e. The zero-order valence-corrected chi connectivity index (χ0v) is 3.61. The summed E-state index contributed by atoms with van der Waals surface area (Å²) >= 11 is 0. The molecule has 0 atom stereocenters. The molecule has 0 spiro atoms. The molecule has 0 radical (unpaired) electrons. The summed E-state index contributed by atoms with van der Waals surface area (Å²) in [6.45, 7) is 0. The molecular weight excluding hydrogens is 96.0 g/mol. The average molecular weight is 102 g/mol. The molecule has 0 fully saturated rings. The lowest BCUT2D eigenvalue weighted by atomic mass is 10.5. The second-order valence-electron chi connectivity index (χ2n) is 0.935. The van der Waals surface area contributed by atoms with Gasteiger partial charge in [-0.15, -0.1) is 0 Å². The Balaban J connectivity index is 3.25. The smallest absolute Gasteiger partial charge is 0.171 e. The van der Waals surface area contributed by atoms with E-state index >= 15 is 0 Å². The van der Waals surface area contributed by atoms with Crippen LogP contribution in [0.1, 0.15) is 0 Å². The zero-order valence-electron chi connectivity index (χ0n) is 3.61. The Morgan fingerprint density at radius 1 is 1.43 bits per heavy atom. The molecule has 0 saturated carbocycles. The third-order valence-electron chi connectivity index (χ3n) is 0.362. The molecule has 2 N–H and O–H groups in total. The molecule has 0 bridgehead atoms. The van der Waals surface area contributed by atoms with Gasteiger partial charge in [0.15, 0.2) is 6.29 Å². The molecule has 7 heavy (non-hydrogen) atoms. The summed E-state index contributed by atoms with van der Waals surface area (Å²) in [5, 5.41) is 16.0. The highest BCUT2D eigenvalue weighted by Gasteiger charge is 1.81. The third-order valence-corrected chi connectivity index (χ3v) is 0.362. The number of aliphatic hydroxyl groups excluding tert-OH is 1. The average Bonchev–Trinajstić information content (AvgIpc) is 1.61. The molecule has 0 heterocycles. The van der Waals surface area contributed by atoms with Gasteiger partial charge in [0.2, 0.25) is 0 Å². The topological polar surface area (TPSA) is 57.5 Å². The van der Waals surface area contributed by atoms with Crippen LogP contribution in [0.5, 0.6) is 0 Å². The molecule has 0 aromatic rings. The van der Waals surface area contributed by atoms with Crippen LogP contribution in [0.2, 0.25) is 0 Å². The van der Waals surface area contributed by atoms with Gasteiger partial charge in [-0.1, -0.05) is 0 Å². The summed E-state index contributed by atoms with van der Waals surface area (Å²) in [6, 6.07) is 0. The minimum absolute atomic E-state index is 0.472. The quantitative estimate of drug-likeness (QED) is 0.268. The summed E-state index contributed by atoms with van der Waals surface area (Å²) in [5.41, 5.74) is 0. The van der Waals surface area contributed by atoms with E-state index in [0.717, 1.165) is 12.2 Å². The summed E-state index contributed by atoms with van der Waals surface area (Å²) < 4.78 is 0. The van der Waals surface area contributed by atoms with Crippen LogP contribution in [-0.4, -0.2) is 22.8 Å². The number of allylic oxidation sites excluding steroid dienone is 1. The Hall–Kier alpha value is -0.670. The first-order valence-corrected chi connectivity index (χ1v) is 1.75. The van der Waals surface area contributed by atoms with E-state index < -0.39 is 6.29 Å². The van der Waals surface area contributed by atoms with Crippen LogP contribution in [0.4, 0.5) is 0 Å². The Morgan fingerprint density at radius 2 is 2.00 bits per heavy atom. The predicted molar refractivity (Wildman–Crippen MR) is 23.4 cm³/mol. The van der Waals surface area contributed by atoms with E-state index in [1.54, 1.807) is 0 Å². The fraction of sp³-hybridized carbons (Fsp3) is 0.250. The molecular formula is C4H6O3. The molecule has 0 aromatic carbocycles. The van der Waals surface area contributed by atoms with Gasteiger partial charge < -0.3 is 10.2 Å². The summed E-state index contributed by atoms with van der Waals surface area (Å²) in [4.78, 5) is 9.40. The molecule has 3 nitrogen and oxygen atoms in total. The van der Waals surface area contributed by atoms with Gasteiger partial charge in [0.25, 0.3) is 0 Å². The Morgan fingerprint density at radius 3 is 2.14 bits per heavy atom. The molecule has 0 saturated heterocycles. The number of aliphatic hydroxyl groups is 2. The maximum absolute atomic E-state index is 9.40. The third kappa shape index (κ3) is 5.33. The van der Waals surface area contributed by atoms with Crippen molar-refractivity contribution in [3.63, 3.8) is 0 Å². The Kier molecular flexibility index (Phi) is 3.18. The second-order valence-corrected chi connectivity index (χ2v) is 0.935. The standard InChI is InChI=1S/C4H6O3/c5-3-1-2-4(6)7/h1-4,6-7H/b2-1+. The largest absolute Gasteiger partial charge is 0.365 e. The number of rotatable bonds is 2. The first-order chi connectivity index (χ1) is 3.27. The Labute approximate surface area is 40.9 Å². The molecule has 0 rings (SSSR count). The van der Waals surface area contributed by atoms with Crippen molar-refractivity contribution in [1.29, 1.82) is 0 Å². The van der Waals surface area contributed by atoms with Crippen molar-refractivity contribution in [2.45, 2.75) is 6.29 Å². The normalized spacial score (nSPS) is 10.7. The van der Waals surface area contributed by atoms with Gasteiger partial charge in [-0.2, -0.15) is 0 Å². The van der Waals surface area contributed by atoms with Crippen LogP contribution in [0.15, 0.2) is 12.2 Å². The predicted octanol–water partition coefficient (Wildman–Crippen LogP) is -0.948. The number of carbonyl (C=O) groups excluding carboxylic acids is 1. The van der Waals surface area contributed by atoms with Gasteiger partial charge in [-0.25, -0.2) is 0 Å². The van der Waals surface area contributed by atoms with Crippen molar-refractivity contribution in [3.05, 3.63) is 12.2 Å². The van der Waals surface area contributed by atoms with Gasteiger partial charge in [0.1, 0.15) is 6.29 Å².